The summed E-state index contributed by atoms with van der Waals surface area (Å²) in [7, 11) is 0. The van der Waals surface area contributed by atoms with E-state index in [-0.39, 0.29) is 0 Å². The van der Waals surface area contributed by atoms with Crippen molar-refractivity contribution in [1.29, 1.82) is 5.41 Å². The van der Waals surface area contributed by atoms with Crippen LogP contribution in [0.25, 0.3) is 0 Å². The van der Waals surface area contributed by atoms with Crippen LogP contribution in [-0.2, 0) is 0 Å². The molecule has 0 fully saturated rings. The molecule has 0 atom stereocenters. The van der Waals surface area contributed by atoms with E-state index in [9.17, 15) is 0 Å². The number of nitrogens with one attached hydrogen (secondary N) is 1. The highest BCUT2D eigenvalue weighted by Crippen LogP contribution is 2.15. The Bertz CT molecular complexity index is 464. The van der Waals surface area contributed by atoms with Crippen molar-refractivity contribution in [2.75, 3.05) is 5.73 Å². The molecule has 3 nitrogen and oxygen atoms in total. The number of aliphatic imine (C=N–C) groups is 1. The number of nitrogen functional groups attached to an aromatic ring is 1. The molecule has 0 aliphatic heterocycles. The first kappa shape index (κ1) is 9.40. The molecule has 1 aliphatic rings. The Morgan fingerprint density at radius 3 is 2.33 bits per heavy atom. The van der Waals surface area contributed by atoms with Crippen molar-refractivity contribution in [2.24, 2.45) is 4.99 Å². The van der Waals surface area contributed by atoms with E-state index in [4.69, 9.17) is 11.1 Å². The molecule has 0 bridgehead atoms. The molecular weight excluding hydrogens is 186 g/mol. The fraction of sp³-hybridized carbons (Fsp3) is 0. The van der Waals surface area contributed by atoms with E-state index in [0.717, 1.165) is 5.69 Å². The lowest BCUT2D eigenvalue weighted by atomic mass is 10.1. The lowest BCUT2D eigenvalue weighted by molar-refractivity contribution is 1.49. The van der Waals surface area contributed by atoms with Crippen LogP contribution >= 0.6 is 0 Å². The fourth-order valence-electron chi connectivity index (χ4n) is 1.26. The van der Waals surface area contributed by atoms with Gasteiger partial charge in [-0.05, 0) is 36.4 Å². The van der Waals surface area contributed by atoms with Gasteiger partial charge in [0.05, 0.1) is 17.1 Å². The molecule has 15 heavy (non-hydrogen) atoms. The van der Waals surface area contributed by atoms with E-state index in [1.807, 2.05) is 30.4 Å². The number of benzene rings is 1. The first-order valence-corrected chi connectivity index (χ1v) is 4.63. The zero-order chi connectivity index (χ0) is 10.7. The molecule has 0 aromatic heterocycles. The van der Waals surface area contributed by atoms with Gasteiger partial charge < -0.3 is 5.73 Å². The highest BCUT2D eigenvalue weighted by Gasteiger charge is 2.02. The number of allylic oxidation sites excluding steroid dienone is 4. The normalized spacial score (nSPS) is 17.3. The van der Waals surface area contributed by atoms with Crippen LogP contribution < -0.4 is 5.73 Å². The van der Waals surface area contributed by atoms with E-state index in [1.165, 1.54) is 0 Å². The Morgan fingerprint density at radius 2 is 1.67 bits per heavy atom. The molecular formula is C12H11N3. The predicted molar refractivity (Wildman–Crippen MR) is 64.0 cm³/mol. The maximum absolute atomic E-state index is 7.64. The second-order valence-electron chi connectivity index (χ2n) is 3.22. The summed E-state index contributed by atoms with van der Waals surface area (Å²) >= 11 is 0. The van der Waals surface area contributed by atoms with Crippen molar-refractivity contribution in [3.63, 3.8) is 0 Å². The minimum absolute atomic E-state index is 0.425. The summed E-state index contributed by atoms with van der Waals surface area (Å²) in [6.45, 7) is 0. The van der Waals surface area contributed by atoms with Gasteiger partial charge in [0.1, 0.15) is 0 Å². The highest BCUT2D eigenvalue weighted by molar-refractivity contribution is 6.50. The van der Waals surface area contributed by atoms with Gasteiger partial charge in [-0.1, -0.05) is 12.2 Å². The van der Waals surface area contributed by atoms with Crippen LogP contribution in [-0.4, -0.2) is 11.4 Å². The molecule has 0 radical (unpaired) electrons. The van der Waals surface area contributed by atoms with Crippen LogP contribution in [0.2, 0.25) is 0 Å². The van der Waals surface area contributed by atoms with Crippen LogP contribution in [0.4, 0.5) is 11.4 Å². The average molecular weight is 197 g/mol. The van der Waals surface area contributed by atoms with Gasteiger partial charge in [0, 0.05) is 5.69 Å². The molecule has 0 saturated carbocycles. The molecule has 74 valence electrons. The summed E-state index contributed by atoms with van der Waals surface area (Å²) < 4.78 is 0. The number of rotatable bonds is 1. The lowest BCUT2D eigenvalue weighted by Crippen LogP contribution is -2.08. The second kappa shape index (κ2) is 3.92. The summed E-state index contributed by atoms with van der Waals surface area (Å²) in [5.74, 6) is 0. The van der Waals surface area contributed by atoms with E-state index < -0.39 is 0 Å². The molecule has 2 rings (SSSR count). The monoisotopic (exact) mass is 197 g/mol. The predicted octanol–water partition coefficient (Wildman–Crippen LogP) is 2.49. The minimum Gasteiger partial charge on any atom is -0.399 e. The molecule has 1 aromatic rings. The van der Waals surface area contributed by atoms with Crippen LogP contribution in [0, 0.1) is 5.41 Å². The number of anilines is 1. The third-order valence-electron chi connectivity index (χ3n) is 2.05. The van der Waals surface area contributed by atoms with Crippen LogP contribution in [0.5, 0.6) is 0 Å². The van der Waals surface area contributed by atoms with Crippen molar-refractivity contribution in [3.8, 4) is 0 Å². The van der Waals surface area contributed by atoms with Crippen molar-refractivity contribution in [2.45, 2.75) is 0 Å². The van der Waals surface area contributed by atoms with E-state index in [1.54, 1.807) is 18.2 Å². The van der Waals surface area contributed by atoms with Gasteiger partial charge in [-0.25, -0.2) is 4.99 Å². The SMILES string of the molecule is N=C1C=CC=CC1=Nc1ccc(N)cc1. The van der Waals surface area contributed by atoms with Crippen molar-refractivity contribution >= 4 is 22.8 Å². The van der Waals surface area contributed by atoms with Gasteiger partial charge in [0.25, 0.3) is 0 Å². The summed E-state index contributed by atoms with van der Waals surface area (Å²) in [6, 6.07) is 7.26. The zero-order valence-electron chi connectivity index (χ0n) is 8.14. The molecule has 0 amide bonds. The average Bonchev–Trinajstić information content (AvgIpc) is 2.25. The molecule has 1 aromatic carbocycles. The fourth-order valence-corrected chi connectivity index (χ4v) is 1.26. The van der Waals surface area contributed by atoms with Crippen LogP contribution in [0.3, 0.4) is 0 Å². The molecule has 3 N–H and O–H groups in total. The molecule has 3 heteroatoms. The molecule has 0 unspecified atom stereocenters. The van der Waals surface area contributed by atoms with Crippen molar-refractivity contribution in [3.05, 3.63) is 48.6 Å². The van der Waals surface area contributed by atoms with Gasteiger partial charge >= 0.3 is 0 Å². The number of hydrogen-bond acceptors (Lipinski definition) is 3. The molecule has 0 saturated heterocycles. The Morgan fingerprint density at radius 1 is 1.00 bits per heavy atom. The van der Waals surface area contributed by atoms with Crippen molar-refractivity contribution < 1.29 is 0 Å². The Labute approximate surface area is 88.2 Å². The second-order valence-corrected chi connectivity index (χ2v) is 3.22. The van der Waals surface area contributed by atoms with E-state index in [2.05, 4.69) is 4.99 Å². The third kappa shape index (κ3) is 2.20. The first-order chi connectivity index (χ1) is 7.25. The zero-order valence-corrected chi connectivity index (χ0v) is 8.14. The standard InChI is InChI=1S/C12H11N3/c13-9-5-7-10(8-6-9)15-12-4-2-1-3-11(12)14/h1-8,14H,13H2. The third-order valence-corrected chi connectivity index (χ3v) is 2.05. The largest absolute Gasteiger partial charge is 0.399 e. The molecule has 0 spiro atoms. The minimum atomic E-state index is 0.425. The smallest absolute Gasteiger partial charge is 0.0886 e. The summed E-state index contributed by atoms with van der Waals surface area (Å²) in [5.41, 5.74) is 8.19. The van der Waals surface area contributed by atoms with E-state index >= 15 is 0 Å². The maximum atomic E-state index is 7.64. The van der Waals surface area contributed by atoms with Gasteiger partial charge in [-0.15, -0.1) is 0 Å². The summed E-state index contributed by atoms with van der Waals surface area (Å²) in [5, 5.41) is 7.64. The van der Waals surface area contributed by atoms with Crippen LogP contribution in [0.15, 0.2) is 53.6 Å². The Balaban J connectivity index is 2.30. The summed E-state index contributed by atoms with van der Waals surface area (Å²) in [4.78, 5) is 4.34. The van der Waals surface area contributed by atoms with E-state index in [0.29, 0.717) is 17.1 Å². The van der Waals surface area contributed by atoms with Crippen LogP contribution in [0.1, 0.15) is 0 Å². The quantitative estimate of drug-likeness (QED) is 0.527. The maximum Gasteiger partial charge on any atom is 0.0886 e. The lowest BCUT2D eigenvalue weighted by Gasteiger charge is -2.03. The number of nitrogens with two attached hydrogens (primary N) is 1. The molecule has 0 heterocycles. The molecule has 1 aliphatic carbocycles. The topological polar surface area (TPSA) is 62.2 Å². The van der Waals surface area contributed by atoms with Gasteiger partial charge in [-0.2, -0.15) is 0 Å². The first-order valence-electron chi connectivity index (χ1n) is 4.63. The number of nitrogens with zero attached hydrogens (tertiary/aromatic N) is 1. The van der Waals surface area contributed by atoms with Gasteiger partial charge in [-0.3, -0.25) is 5.41 Å². The van der Waals surface area contributed by atoms with Crippen molar-refractivity contribution in [1.82, 2.24) is 0 Å². The highest BCUT2D eigenvalue weighted by atomic mass is 14.8. The van der Waals surface area contributed by atoms with Gasteiger partial charge in [0.15, 0.2) is 0 Å². The van der Waals surface area contributed by atoms with Gasteiger partial charge in [0.2, 0.25) is 0 Å². The number of hydrogen-bond donors (Lipinski definition) is 2. The Kier molecular flexibility index (Phi) is 2.46. The summed E-state index contributed by atoms with van der Waals surface area (Å²) in [6.07, 6.45) is 7.23. The Hall–Kier alpha value is -2.16.